The fourth-order valence-corrected chi connectivity index (χ4v) is 3.51. The van der Waals surface area contributed by atoms with Gasteiger partial charge in [-0.2, -0.15) is 0 Å². The third-order valence-electron chi connectivity index (χ3n) is 4.00. The molecule has 0 N–H and O–H groups in total. The molecule has 0 saturated heterocycles. The van der Waals surface area contributed by atoms with Gasteiger partial charge in [-0.3, -0.25) is 0 Å². The lowest BCUT2D eigenvalue weighted by Gasteiger charge is -2.31. The Bertz CT molecular complexity index is 663. The van der Waals surface area contributed by atoms with Crippen LogP contribution in [0, 0.1) is 0 Å². The van der Waals surface area contributed by atoms with Gasteiger partial charge in [0.15, 0.2) is 0 Å². The smallest absolute Gasteiger partial charge is 0.410 e. The van der Waals surface area contributed by atoms with Gasteiger partial charge in [0.05, 0.1) is 5.60 Å². The Morgan fingerprint density at radius 2 is 1.71 bits per heavy atom. The number of carbonyl (C=O) groups excluding carboxylic acids is 1. The second-order valence-electron chi connectivity index (χ2n) is 9.59. The first kappa shape index (κ1) is 25.0. The fourth-order valence-electron chi connectivity index (χ4n) is 2.49. The predicted octanol–water partition coefficient (Wildman–Crippen LogP) is 6.23. The minimum absolute atomic E-state index is 0.108. The van der Waals surface area contributed by atoms with Gasteiger partial charge in [0.25, 0.3) is 0 Å². The summed E-state index contributed by atoms with van der Waals surface area (Å²) in [7, 11) is 0.371. The zero-order valence-corrected chi connectivity index (χ0v) is 20.7. The van der Waals surface area contributed by atoms with E-state index in [4.69, 9.17) is 20.8 Å². The largest absolute Gasteiger partial charge is 0.444 e. The van der Waals surface area contributed by atoms with Crippen molar-refractivity contribution >= 4 is 27.5 Å². The molecule has 1 aromatic rings. The number of halogens is 1. The van der Waals surface area contributed by atoms with Crippen LogP contribution in [-0.4, -0.2) is 39.4 Å². The predicted molar refractivity (Wildman–Crippen MR) is 118 cm³/mol. The van der Waals surface area contributed by atoms with Crippen molar-refractivity contribution in [3.05, 3.63) is 34.3 Å². The summed E-state index contributed by atoms with van der Waals surface area (Å²) in [5.74, 6) is 0. The van der Waals surface area contributed by atoms with E-state index < -0.39 is 11.2 Å². The second kappa shape index (κ2) is 9.64. The zero-order chi connectivity index (χ0) is 21.8. The van der Waals surface area contributed by atoms with Gasteiger partial charge in [-0.15, -0.1) is 0 Å². The van der Waals surface area contributed by atoms with Crippen LogP contribution in [0.25, 0.3) is 0 Å². The first-order chi connectivity index (χ1) is 12.6. The second-order valence-corrected chi connectivity index (χ2v) is 11.9. The topological polar surface area (TPSA) is 38.8 Å². The molecule has 0 heterocycles. The van der Waals surface area contributed by atoms with Gasteiger partial charge in [0.2, 0.25) is 9.76 Å². The molecule has 0 aliphatic heterocycles. The van der Waals surface area contributed by atoms with Gasteiger partial charge in [-0.1, -0.05) is 44.5 Å². The highest BCUT2D eigenvalue weighted by molar-refractivity contribution is 6.32. The number of nitrogens with zero attached hydrogens (tertiary/aromatic N) is 1. The zero-order valence-electron chi connectivity index (χ0n) is 18.9. The Hall–Kier alpha value is -1.04. The van der Waals surface area contributed by atoms with E-state index in [0.29, 0.717) is 27.9 Å². The van der Waals surface area contributed by atoms with Gasteiger partial charge in [0.1, 0.15) is 5.60 Å². The highest BCUT2D eigenvalue weighted by Crippen LogP contribution is 2.34. The fraction of sp³-hybridized carbons (Fsp3) is 0.682. The molecule has 1 rings (SSSR count). The maximum absolute atomic E-state index is 12.3. The Morgan fingerprint density at radius 3 is 2.21 bits per heavy atom. The summed E-state index contributed by atoms with van der Waals surface area (Å²) in [5.41, 5.74) is 1.13. The van der Waals surface area contributed by atoms with Crippen LogP contribution in [0.1, 0.15) is 73.4 Å². The van der Waals surface area contributed by atoms with Crippen LogP contribution < -0.4 is 0 Å². The molecule has 6 heteroatoms. The molecular weight excluding hydrogens is 390 g/mol. The number of benzene rings is 1. The van der Waals surface area contributed by atoms with E-state index in [9.17, 15) is 4.79 Å². The Balaban J connectivity index is 2.88. The molecule has 28 heavy (non-hydrogen) atoms. The summed E-state index contributed by atoms with van der Waals surface area (Å²) in [6.45, 7) is 19.4. The highest BCUT2D eigenvalue weighted by Gasteiger charge is 2.28. The van der Waals surface area contributed by atoms with E-state index in [1.54, 1.807) is 4.90 Å². The number of hydrogen-bond donors (Lipinski definition) is 0. The molecule has 0 fully saturated rings. The van der Waals surface area contributed by atoms with Crippen LogP contribution >= 0.6 is 11.6 Å². The lowest BCUT2D eigenvalue weighted by Crippen LogP contribution is -2.37. The van der Waals surface area contributed by atoms with Crippen LogP contribution in [0.15, 0.2) is 18.2 Å². The number of rotatable bonds is 7. The Kier molecular flexibility index (Phi) is 8.60. The molecule has 4 nitrogen and oxygen atoms in total. The molecule has 0 aromatic heterocycles. The van der Waals surface area contributed by atoms with Crippen LogP contribution in [0.4, 0.5) is 4.79 Å². The van der Waals surface area contributed by atoms with Crippen molar-refractivity contribution in [2.24, 2.45) is 0 Å². The number of ether oxygens (including phenoxy) is 1. The number of carbonyl (C=O) groups is 1. The SMILES string of the molecule is CCN(CCc1ccc(Cl)c(C(C)(C)O[Si]C(C)(C)C)c1)C(=O)OC(C)(C)C. The lowest BCUT2D eigenvalue weighted by molar-refractivity contribution is 0.0262. The van der Waals surface area contributed by atoms with Crippen LogP contribution in [0.3, 0.4) is 0 Å². The quantitative estimate of drug-likeness (QED) is 0.486. The van der Waals surface area contributed by atoms with Crippen LogP contribution in [0.5, 0.6) is 0 Å². The maximum Gasteiger partial charge on any atom is 0.410 e. The molecule has 0 bridgehead atoms. The third kappa shape index (κ3) is 8.54. The van der Waals surface area contributed by atoms with E-state index in [0.717, 1.165) is 17.5 Å². The van der Waals surface area contributed by atoms with Crippen molar-refractivity contribution in [2.45, 2.75) is 85.0 Å². The van der Waals surface area contributed by atoms with E-state index >= 15 is 0 Å². The van der Waals surface area contributed by atoms with Gasteiger partial charge in [-0.05, 0) is 64.6 Å². The molecule has 2 radical (unpaired) electrons. The Labute approximate surface area is 178 Å². The first-order valence-electron chi connectivity index (χ1n) is 9.86. The molecule has 0 spiro atoms. The normalized spacial score (nSPS) is 12.8. The van der Waals surface area contributed by atoms with Crippen molar-refractivity contribution < 1.29 is 14.0 Å². The summed E-state index contributed by atoms with van der Waals surface area (Å²) in [6.07, 6.45) is 0.453. The average molecular weight is 426 g/mol. The van der Waals surface area contributed by atoms with Crippen molar-refractivity contribution in [2.75, 3.05) is 13.1 Å². The van der Waals surface area contributed by atoms with E-state index in [1.165, 1.54) is 0 Å². The summed E-state index contributed by atoms with van der Waals surface area (Å²) < 4.78 is 11.7. The molecule has 0 atom stereocenters. The first-order valence-corrected chi connectivity index (χ1v) is 11.2. The van der Waals surface area contributed by atoms with Gasteiger partial charge in [-0.25, -0.2) is 4.79 Å². The maximum atomic E-state index is 12.3. The van der Waals surface area contributed by atoms with E-state index in [1.807, 2.05) is 39.8 Å². The molecule has 0 unspecified atom stereocenters. The minimum Gasteiger partial charge on any atom is -0.444 e. The lowest BCUT2D eigenvalue weighted by atomic mass is 9.95. The molecular formula is C22H36ClNO3Si. The molecule has 0 saturated carbocycles. The molecule has 1 aromatic carbocycles. The summed E-state index contributed by atoms with van der Waals surface area (Å²) >= 11 is 6.48. The monoisotopic (exact) mass is 425 g/mol. The van der Waals surface area contributed by atoms with Crippen molar-refractivity contribution in [1.82, 2.24) is 4.90 Å². The van der Waals surface area contributed by atoms with Crippen LogP contribution in [-0.2, 0) is 21.2 Å². The van der Waals surface area contributed by atoms with E-state index in [-0.39, 0.29) is 11.1 Å². The summed E-state index contributed by atoms with van der Waals surface area (Å²) in [4.78, 5) is 14.1. The van der Waals surface area contributed by atoms with Crippen molar-refractivity contribution in [3.63, 3.8) is 0 Å². The number of likely N-dealkylation sites (N-methyl/N-ethyl adjacent to an activating group) is 1. The molecule has 0 aliphatic rings. The minimum atomic E-state index is -0.493. The average Bonchev–Trinajstić information content (AvgIpc) is 2.52. The number of hydrogen-bond acceptors (Lipinski definition) is 3. The highest BCUT2D eigenvalue weighted by atomic mass is 35.5. The summed E-state index contributed by atoms with van der Waals surface area (Å²) in [5, 5.41) is 0.808. The van der Waals surface area contributed by atoms with E-state index in [2.05, 4.69) is 40.7 Å². The van der Waals surface area contributed by atoms with Gasteiger partial charge < -0.3 is 14.1 Å². The number of amides is 1. The van der Waals surface area contributed by atoms with Gasteiger partial charge >= 0.3 is 6.09 Å². The van der Waals surface area contributed by atoms with Gasteiger partial charge in [0, 0.05) is 23.7 Å². The standard InChI is InChI=1S/C22H36ClNO3Si/c1-10-24(19(25)26-20(2,3)4)14-13-16-11-12-18(23)17(15-16)22(8,9)27-28-21(5,6)7/h11-12,15H,10,13-14H2,1-9H3. The molecule has 1 amide bonds. The Morgan fingerprint density at radius 1 is 1.11 bits per heavy atom. The molecule has 158 valence electrons. The van der Waals surface area contributed by atoms with Crippen LogP contribution in [0.2, 0.25) is 10.1 Å². The summed E-state index contributed by atoms with van der Waals surface area (Å²) in [6, 6.07) is 6.02. The molecule has 0 aliphatic carbocycles. The van der Waals surface area contributed by atoms with Crippen molar-refractivity contribution in [1.29, 1.82) is 0 Å². The van der Waals surface area contributed by atoms with Crippen molar-refractivity contribution in [3.8, 4) is 0 Å². The third-order valence-corrected chi connectivity index (χ3v) is 5.55.